The van der Waals surface area contributed by atoms with Crippen LogP contribution in [0.4, 0.5) is 5.69 Å². The molecule has 0 spiro atoms. The lowest BCUT2D eigenvalue weighted by atomic mass is 10.2. The van der Waals surface area contributed by atoms with Crippen molar-refractivity contribution in [2.45, 2.75) is 18.2 Å². The first-order chi connectivity index (χ1) is 9.56. The normalized spacial score (nSPS) is 11.5. The predicted octanol–water partition coefficient (Wildman–Crippen LogP) is 1.69. The Labute approximate surface area is 117 Å². The summed E-state index contributed by atoms with van der Waals surface area (Å²) >= 11 is 0. The minimum atomic E-state index is -3.77. The number of nitrogens with two attached hydrogens (primary N) is 1. The van der Waals surface area contributed by atoms with Crippen LogP contribution in [-0.4, -0.2) is 15.5 Å². The Kier molecular flexibility index (Phi) is 4.43. The molecule has 0 fully saturated rings. The molecule has 0 aliphatic heterocycles. The van der Waals surface area contributed by atoms with Crippen LogP contribution in [0.5, 0.6) is 0 Å². The van der Waals surface area contributed by atoms with Crippen LogP contribution >= 0.6 is 0 Å². The quantitative estimate of drug-likeness (QED) is 0.845. The molecular formula is C13H16N2O4S. The summed E-state index contributed by atoms with van der Waals surface area (Å²) in [4.78, 5) is 0. The molecule has 0 saturated carbocycles. The second kappa shape index (κ2) is 6.08. The first-order valence-corrected chi connectivity index (χ1v) is 7.43. The van der Waals surface area contributed by atoms with Gasteiger partial charge in [-0.1, -0.05) is 18.2 Å². The molecule has 0 unspecified atom stereocenters. The molecular weight excluding hydrogens is 280 g/mol. The number of anilines is 1. The molecule has 2 aromatic rings. The lowest BCUT2D eigenvalue weighted by Gasteiger charge is -2.10. The SMILES string of the molecule is COCc1ccccc1NS(=O)(=O)c1ccc(CN)o1. The van der Waals surface area contributed by atoms with Crippen molar-refractivity contribution in [1.82, 2.24) is 0 Å². The zero-order valence-corrected chi connectivity index (χ0v) is 11.8. The van der Waals surface area contributed by atoms with Crippen molar-refractivity contribution in [1.29, 1.82) is 0 Å². The van der Waals surface area contributed by atoms with Gasteiger partial charge in [0.1, 0.15) is 5.76 Å². The molecule has 2 rings (SSSR count). The van der Waals surface area contributed by atoms with Crippen LogP contribution in [0.1, 0.15) is 11.3 Å². The molecule has 0 bridgehead atoms. The van der Waals surface area contributed by atoms with Crippen LogP contribution in [0.25, 0.3) is 0 Å². The van der Waals surface area contributed by atoms with Gasteiger partial charge in [-0.15, -0.1) is 0 Å². The van der Waals surface area contributed by atoms with Gasteiger partial charge in [0.15, 0.2) is 0 Å². The van der Waals surface area contributed by atoms with Crippen LogP contribution in [0.2, 0.25) is 0 Å². The van der Waals surface area contributed by atoms with E-state index < -0.39 is 10.0 Å². The van der Waals surface area contributed by atoms with Crippen molar-refractivity contribution >= 4 is 15.7 Å². The third-order valence-corrected chi connectivity index (χ3v) is 3.90. The summed E-state index contributed by atoms with van der Waals surface area (Å²) in [7, 11) is -2.22. The van der Waals surface area contributed by atoms with Gasteiger partial charge in [0, 0.05) is 12.7 Å². The number of rotatable bonds is 6. The number of benzene rings is 1. The van der Waals surface area contributed by atoms with E-state index in [1.165, 1.54) is 12.1 Å². The predicted molar refractivity (Wildman–Crippen MR) is 74.6 cm³/mol. The number of ether oxygens (including phenoxy) is 1. The van der Waals surface area contributed by atoms with E-state index in [2.05, 4.69) is 4.72 Å². The monoisotopic (exact) mass is 296 g/mol. The van der Waals surface area contributed by atoms with Crippen molar-refractivity contribution < 1.29 is 17.6 Å². The Bertz CT molecular complexity index is 679. The van der Waals surface area contributed by atoms with Gasteiger partial charge in [0.25, 0.3) is 10.0 Å². The van der Waals surface area contributed by atoms with E-state index in [4.69, 9.17) is 14.9 Å². The number of nitrogens with one attached hydrogen (secondary N) is 1. The highest BCUT2D eigenvalue weighted by Gasteiger charge is 2.19. The minimum absolute atomic E-state index is 0.149. The van der Waals surface area contributed by atoms with E-state index in [9.17, 15) is 8.42 Å². The molecule has 3 N–H and O–H groups in total. The number of sulfonamides is 1. The van der Waals surface area contributed by atoms with Crippen LogP contribution in [0, 0.1) is 0 Å². The minimum Gasteiger partial charge on any atom is -0.446 e. The topological polar surface area (TPSA) is 94.6 Å². The highest BCUT2D eigenvalue weighted by molar-refractivity contribution is 7.92. The molecule has 0 radical (unpaired) electrons. The second-order valence-electron chi connectivity index (χ2n) is 4.12. The number of furan rings is 1. The fraction of sp³-hybridized carbons (Fsp3) is 0.231. The van der Waals surface area contributed by atoms with Crippen molar-refractivity contribution in [2.75, 3.05) is 11.8 Å². The Morgan fingerprint density at radius 2 is 2.00 bits per heavy atom. The molecule has 7 heteroatoms. The first-order valence-electron chi connectivity index (χ1n) is 5.95. The maximum absolute atomic E-state index is 12.2. The fourth-order valence-electron chi connectivity index (χ4n) is 1.71. The summed E-state index contributed by atoms with van der Waals surface area (Å²) in [5.41, 5.74) is 6.60. The van der Waals surface area contributed by atoms with Crippen LogP contribution < -0.4 is 10.5 Å². The second-order valence-corrected chi connectivity index (χ2v) is 5.73. The zero-order chi connectivity index (χ0) is 14.6. The van der Waals surface area contributed by atoms with E-state index in [0.29, 0.717) is 18.1 Å². The van der Waals surface area contributed by atoms with Crippen LogP contribution in [-0.2, 0) is 27.9 Å². The van der Waals surface area contributed by atoms with Crippen molar-refractivity contribution in [3.63, 3.8) is 0 Å². The summed E-state index contributed by atoms with van der Waals surface area (Å²) < 4.78 is 37.1. The lowest BCUT2D eigenvalue weighted by Crippen LogP contribution is -2.13. The van der Waals surface area contributed by atoms with Gasteiger partial charge < -0.3 is 14.9 Å². The van der Waals surface area contributed by atoms with E-state index in [-0.39, 0.29) is 11.6 Å². The third kappa shape index (κ3) is 3.19. The maximum atomic E-state index is 12.2. The average molecular weight is 296 g/mol. The molecule has 1 heterocycles. The Morgan fingerprint density at radius 3 is 2.65 bits per heavy atom. The van der Waals surface area contributed by atoms with Gasteiger partial charge in [-0.05, 0) is 18.2 Å². The number of methoxy groups -OCH3 is 1. The molecule has 1 aromatic heterocycles. The van der Waals surface area contributed by atoms with Gasteiger partial charge in [-0.25, -0.2) is 0 Å². The molecule has 0 saturated heterocycles. The Morgan fingerprint density at radius 1 is 1.25 bits per heavy atom. The average Bonchev–Trinajstić information content (AvgIpc) is 2.91. The van der Waals surface area contributed by atoms with E-state index in [0.717, 1.165) is 5.56 Å². The van der Waals surface area contributed by atoms with Gasteiger partial charge >= 0.3 is 0 Å². The highest BCUT2D eigenvalue weighted by Crippen LogP contribution is 2.21. The molecule has 20 heavy (non-hydrogen) atoms. The molecule has 1 aromatic carbocycles. The van der Waals surface area contributed by atoms with E-state index >= 15 is 0 Å². The van der Waals surface area contributed by atoms with E-state index in [1.54, 1.807) is 25.3 Å². The number of hydrogen-bond acceptors (Lipinski definition) is 5. The van der Waals surface area contributed by atoms with Crippen molar-refractivity contribution in [2.24, 2.45) is 5.73 Å². The standard InChI is InChI=1S/C13H16N2O4S/c1-18-9-10-4-2-3-5-12(10)15-20(16,17)13-7-6-11(8-14)19-13/h2-7,15H,8-9,14H2,1H3. The summed E-state index contributed by atoms with van der Waals surface area (Å²) in [5, 5.41) is -0.162. The molecule has 0 atom stereocenters. The molecule has 0 amide bonds. The zero-order valence-electron chi connectivity index (χ0n) is 11.0. The fourth-order valence-corrected chi connectivity index (χ4v) is 2.76. The smallest absolute Gasteiger partial charge is 0.295 e. The van der Waals surface area contributed by atoms with Gasteiger partial charge in [-0.2, -0.15) is 8.42 Å². The van der Waals surface area contributed by atoms with Crippen molar-refractivity contribution in [3.8, 4) is 0 Å². The lowest BCUT2D eigenvalue weighted by molar-refractivity contribution is 0.185. The third-order valence-electron chi connectivity index (χ3n) is 2.66. The van der Waals surface area contributed by atoms with Crippen molar-refractivity contribution in [3.05, 3.63) is 47.7 Å². The molecule has 108 valence electrons. The Hall–Kier alpha value is -1.83. The summed E-state index contributed by atoms with van der Waals surface area (Å²) in [6.07, 6.45) is 0. The van der Waals surface area contributed by atoms with Crippen LogP contribution in [0.15, 0.2) is 45.9 Å². The molecule has 6 nitrogen and oxygen atoms in total. The number of hydrogen-bond donors (Lipinski definition) is 2. The first kappa shape index (κ1) is 14.6. The summed E-state index contributed by atoms with van der Waals surface area (Å²) in [6, 6.07) is 9.92. The maximum Gasteiger partial charge on any atom is 0.295 e. The summed E-state index contributed by atoms with van der Waals surface area (Å²) in [5.74, 6) is 0.413. The number of para-hydroxylation sites is 1. The summed E-state index contributed by atoms with van der Waals surface area (Å²) in [6.45, 7) is 0.459. The van der Waals surface area contributed by atoms with Gasteiger partial charge in [0.2, 0.25) is 5.09 Å². The molecule has 0 aliphatic carbocycles. The van der Waals surface area contributed by atoms with Crippen LogP contribution in [0.3, 0.4) is 0 Å². The van der Waals surface area contributed by atoms with Gasteiger partial charge in [-0.3, -0.25) is 4.72 Å². The molecule has 0 aliphatic rings. The largest absolute Gasteiger partial charge is 0.446 e. The van der Waals surface area contributed by atoms with Gasteiger partial charge in [0.05, 0.1) is 18.8 Å². The Balaban J connectivity index is 2.28. The highest BCUT2D eigenvalue weighted by atomic mass is 32.2. The van der Waals surface area contributed by atoms with E-state index in [1.807, 2.05) is 6.07 Å².